The summed E-state index contributed by atoms with van der Waals surface area (Å²) < 4.78 is 0. The van der Waals surface area contributed by atoms with E-state index >= 15 is 0 Å². The number of hydrogen-bond acceptors (Lipinski definition) is 3. The number of carbonyl (C=O) groups is 2. The second-order valence-corrected chi connectivity index (χ2v) is 10.5. The van der Waals surface area contributed by atoms with Crippen molar-refractivity contribution in [2.24, 2.45) is 5.92 Å². The van der Waals surface area contributed by atoms with Crippen LogP contribution in [-0.4, -0.2) is 22.3 Å². The van der Waals surface area contributed by atoms with Gasteiger partial charge in [0.25, 0.3) is 0 Å². The summed E-state index contributed by atoms with van der Waals surface area (Å²) in [5.41, 5.74) is 4.18. The lowest BCUT2D eigenvalue weighted by molar-refractivity contribution is -0.116. The maximum absolute atomic E-state index is 12.6. The molecule has 0 heterocycles. The molecule has 1 atom stereocenters. The van der Waals surface area contributed by atoms with Crippen molar-refractivity contribution in [1.29, 1.82) is 0 Å². The Balaban J connectivity index is 2.47. The Labute approximate surface area is 196 Å². The first-order chi connectivity index (χ1) is 14.9. The fourth-order valence-corrected chi connectivity index (χ4v) is 4.14. The summed E-state index contributed by atoms with van der Waals surface area (Å²) in [6.45, 7) is 15.9. The highest BCUT2D eigenvalue weighted by atomic mass is 16.3. The Morgan fingerprint density at radius 1 is 0.875 bits per heavy atom. The molecule has 0 aromatic carbocycles. The molecule has 0 saturated heterocycles. The number of Topliss-reactive ketones (excluding diaryl/α,β-unsaturated/α-hetero) is 2. The SMILES string of the molecule is CC(=CCC[C@@](C)(O)CCC1=C(C)C(=O)C(C)=C(C)C1=O)CCC=C(C)CCCC(C)C. The fraction of sp³-hybridized carbons (Fsp3) is 0.655. The zero-order valence-corrected chi connectivity index (χ0v) is 21.9. The molecule has 0 bridgehead atoms. The standard InChI is InChI=1S/C29H46O3/c1-20(2)12-9-13-21(3)14-10-15-22(4)16-11-18-29(8,32)19-17-26-25(7)27(30)23(5)24(6)28(26)31/h14,16,20,32H,9-13,15,17-19H2,1-8H3/t29-/m1/s1. The van der Waals surface area contributed by atoms with Crippen LogP contribution in [0.3, 0.4) is 0 Å². The summed E-state index contributed by atoms with van der Waals surface area (Å²) in [5.74, 6) is 0.694. The maximum atomic E-state index is 12.6. The van der Waals surface area contributed by atoms with E-state index in [1.165, 1.54) is 30.4 Å². The molecule has 0 fully saturated rings. The van der Waals surface area contributed by atoms with Gasteiger partial charge in [-0.2, -0.15) is 0 Å². The van der Waals surface area contributed by atoms with Crippen LogP contribution in [-0.2, 0) is 9.59 Å². The van der Waals surface area contributed by atoms with E-state index in [0.717, 1.165) is 25.2 Å². The average molecular weight is 443 g/mol. The molecule has 1 aliphatic rings. The van der Waals surface area contributed by atoms with Crippen LogP contribution in [0.1, 0.15) is 113 Å². The quantitative estimate of drug-likeness (QED) is 0.236. The van der Waals surface area contributed by atoms with Gasteiger partial charge in [-0.3, -0.25) is 9.59 Å². The van der Waals surface area contributed by atoms with Crippen LogP contribution in [0.2, 0.25) is 0 Å². The van der Waals surface area contributed by atoms with Crippen molar-refractivity contribution in [3.63, 3.8) is 0 Å². The van der Waals surface area contributed by atoms with Gasteiger partial charge in [-0.15, -0.1) is 0 Å². The molecule has 0 radical (unpaired) electrons. The molecule has 0 unspecified atom stereocenters. The predicted molar refractivity (Wildman–Crippen MR) is 136 cm³/mol. The Bertz CT molecular complexity index is 800. The Morgan fingerprint density at radius 3 is 2.06 bits per heavy atom. The second-order valence-electron chi connectivity index (χ2n) is 10.5. The first-order valence-electron chi connectivity index (χ1n) is 12.4. The third kappa shape index (κ3) is 9.40. The van der Waals surface area contributed by atoms with Crippen LogP contribution < -0.4 is 0 Å². The minimum absolute atomic E-state index is 0.0421. The number of allylic oxidation sites excluding steroid dienone is 8. The molecule has 3 heteroatoms. The molecule has 1 rings (SSSR count). The van der Waals surface area contributed by atoms with E-state index in [9.17, 15) is 14.7 Å². The molecule has 0 aromatic heterocycles. The third-order valence-electron chi connectivity index (χ3n) is 6.78. The molecule has 1 aliphatic carbocycles. The summed E-state index contributed by atoms with van der Waals surface area (Å²) in [4.78, 5) is 24.9. The van der Waals surface area contributed by atoms with E-state index in [1.54, 1.807) is 20.8 Å². The number of hydrogen-bond donors (Lipinski definition) is 1. The van der Waals surface area contributed by atoms with Gasteiger partial charge in [-0.05, 0) is 98.8 Å². The van der Waals surface area contributed by atoms with Crippen LogP contribution >= 0.6 is 0 Å². The van der Waals surface area contributed by atoms with Gasteiger partial charge in [-0.25, -0.2) is 0 Å². The number of ketones is 2. The minimum Gasteiger partial charge on any atom is -0.390 e. The maximum Gasteiger partial charge on any atom is 0.185 e. The third-order valence-corrected chi connectivity index (χ3v) is 6.78. The van der Waals surface area contributed by atoms with Crippen LogP contribution in [0.5, 0.6) is 0 Å². The molecule has 3 nitrogen and oxygen atoms in total. The monoisotopic (exact) mass is 442 g/mol. The molecule has 0 aliphatic heterocycles. The lowest BCUT2D eigenvalue weighted by atomic mass is 9.82. The van der Waals surface area contributed by atoms with Gasteiger partial charge in [0, 0.05) is 22.3 Å². The van der Waals surface area contributed by atoms with Crippen molar-refractivity contribution >= 4 is 11.6 Å². The second kappa shape index (κ2) is 13.1. The van der Waals surface area contributed by atoms with Gasteiger partial charge in [0.15, 0.2) is 11.6 Å². The topological polar surface area (TPSA) is 54.4 Å². The molecular formula is C29H46O3. The predicted octanol–water partition coefficient (Wildman–Crippen LogP) is 7.60. The van der Waals surface area contributed by atoms with Crippen molar-refractivity contribution in [2.45, 2.75) is 119 Å². The molecule has 1 N–H and O–H groups in total. The molecule has 0 amide bonds. The van der Waals surface area contributed by atoms with E-state index in [1.807, 2.05) is 6.92 Å². The smallest absolute Gasteiger partial charge is 0.185 e. The Kier molecular flexibility index (Phi) is 11.6. The summed E-state index contributed by atoms with van der Waals surface area (Å²) in [6, 6.07) is 0. The molecule has 0 aromatic rings. The largest absolute Gasteiger partial charge is 0.390 e. The lowest BCUT2D eigenvalue weighted by Gasteiger charge is -2.25. The highest BCUT2D eigenvalue weighted by Gasteiger charge is 2.29. The summed E-state index contributed by atoms with van der Waals surface area (Å²) in [5, 5.41) is 10.8. The summed E-state index contributed by atoms with van der Waals surface area (Å²) in [7, 11) is 0. The van der Waals surface area contributed by atoms with Crippen molar-refractivity contribution in [2.75, 3.05) is 0 Å². The fourth-order valence-electron chi connectivity index (χ4n) is 4.14. The first kappa shape index (κ1) is 28.3. The van der Waals surface area contributed by atoms with E-state index in [-0.39, 0.29) is 11.6 Å². The molecule has 0 saturated carbocycles. The minimum atomic E-state index is -0.857. The molecule has 180 valence electrons. The summed E-state index contributed by atoms with van der Waals surface area (Å²) >= 11 is 0. The van der Waals surface area contributed by atoms with E-state index in [0.29, 0.717) is 41.6 Å². The first-order valence-corrected chi connectivity index (χ1v) is 12.4. The van der Waals surface area contributed by atoms with Gasteiger partial charge in [0.2, 0.25) is 0 Å². The van der Waals surface area contributed by atoms with Crippen LogP contribution in [0.25, 0.3) is 0 Å². The van der Waals surface area contributed by atoms with Crippen LogP contribution in [0.15, 0.2) is 45.6 Å². The average Bonchev–Trinajstić information content (AvgIpc) is 2.70. The van der Waals surface area contributed by atoms with Crippen molar-refractivity contribution < 1.29 is 14.7 Å². The van der Waals surface area contributed by atoms with E-state index in [2.05, 4.69) is 39.8 Å². The van der Waals surface area contributed by atoms with Crippen molar-refractivity contribution in [3.8, 4) is 0 Å². The summed E-state index contributed by atoms with van der Waals surface area (Å²) in [6.07, 6.45) is 12.9. The van der Waals surface area contributed by atoms with Gasteiger partial charge < -0.3 is 5.11 Å². The van der Waals surface area contributed by atoms with E-state index < -0.39 is 5.60 Å². The number of carbonyl (C=O) groups excluding carboxylic acids is 2. The van der Waals surface area contributed by atoms with Gasteiger partial charge in [0.1, 0.15) is 0 Å². The zero-order valence-electron chi connectivity index (χ0n) is 21.9. The lowest BCUT2D eigenvalue weighted by Crippen LogP contribution is -2.26. The highest BCUT2D eigenvalue weighted by Crippen LogP contribution is 2.30. The Hall–Kier alpha value is -1.74. The zero-order chi connectivity index (χ0) is 24.5. The molecule has 0 spiro atoms. The van der Waals surface area contributed by atoms with Crippen molar-refractivity contribution in [3.05, 3.63) is 45.6 Å². The molecular weight excluding hydrogens is 396 g/mol. The Morgan fingerprint density at radius 2 is 1.44 bits per heavy atom. The van der Waals surface area contributed by atoms with Gasteiger partial charge in [0.05, 0.1) is 5.60 Å². The van der Waals surface area contributed by atoms with Gasteiger partial charge in [-0.1, -0.05) is 43.6 Å². The van der Waals surface area contributed by atoms with E-state index in [4.69, 9.17) is 0 Å². The highest BCUT2D eigenvalue weighted by molar-refractivity contribution is 6.24. The number of rotatable bonds is 13. The normalized spacial score (nSPS) is 18.2. The van der Waals surface area contributed by atoms with Crippen LogP contribution in [0.4, 0.5) is 0 Å². The van der Waals surface area contributed by atoms with Gasteiger partial charge >= 0.3 is 0 Å². The van der Waals surface area contributed by atoms with Crippen molar-refractivity contribution in [1.82, 2.24) is 0 Å². The number of aliphatic hydroxyl groups is 1. The van der Waals surface area contributed by atoms with Crippen LogP contribution in [0, 0.1) is 5.92 Å². The molecule has 32 heavy (non-hydrogen) atoms.